The predicted octanol–water partition coefficient (Wildman–Crippen LogP) is 24.5. The minimum absolute atomic E-state index is 0.0135. The number of amides is 1. The van der Waals surface area contributed by atoms with Gasteiger partial charge in [0.15, 0.2) is 0 Å². The molecule has 6 heteroatoms. The monoisotopic (exact) mass is 1150 g/mol. The summed E-state index contributed by atoms with van der Waals surface area (Å²) in [6.45, 7) is 4.98. The standard InChI is InChI=1S/C76H147NO5/c1-3-5-7-9-11-13-15-17-44-48-52-56-60-64-68-74(79)73(72-78)77-75(80)69-65-61-57-53-49-45-42-40-38-36-34-32-30-28-26-24-22-20-19-21-23-25-27-29-31-33-35-37-39-41-43-47-51-55-59-63-67-71-82-76(81)70-66-62-58-54-50-46-18-16-14-12-10-8-6-4-2/h16,18-19,21,73-74,78-79H,3-15,17,20,22-72H2,1-2H3,(H,77,80)/b18-16-,21-19-. The Morgan fingerprint density at radius 3 is 0.866 bits per heavy atom. The lowest BCUT2D eigenvalue weighted by Gasteiger charge is -2.22. The van der Waals surface area contributed by atoms with Crippen molar-refractivity contribution < 1.29 is 24.5 Å². The molecule has 0 rings (SSSR count). The number of nitrogens with one attached hydrogen (secondary N) is 1. The second-order valence-corrected chi connectivity index (χ2v) is 26.0. The molecule has 0 bridgehead atoms. The average molecular weight is 1160 g/mol. The van der Waals surface area contributed by atoms with Gasteiger partial charge in [0.1, 0.15) is 0 Å². The summed E-state index contributed by atoms with van der Waals surface area (Å²) < 4.78 is 5.49. The normalized spacial score (nSPS) is 12.6. The topological polar surface area (TPSA) is 95.9 Å². The van der Waals surface area contributed by atoms with E-state index >= 15 is 0 Å². The quantitative estimate of drug-likeness (QED) is 0.0320. The first-order valence-corrected chi connectivity index (χ1v) is 37.6. The maximum absolute atomic E-state index is 12.5. The predicted molar refractivity (Wildman–Crippen MR) is 361 cm³/mol. The van der Waals surface area contributed by atoms with Gasteiger partial charge in [-0.15, -0.1) is 0 Å². The van der Waals surface area contributed by atoms with E-state index in [0.717, 1.165) is 44.9 Å². The van der Waals surface area contributed by atoms with Gasteiger partial charge in [-0.05, 0) is 77.0 Å². The molecule has 82 heavy (non-hydrogen) atoms. The third-order valence-electron chi connectivity index (χ3n) is 17.7. The number of unbranched alkanes of at least 4 members (excludes halogenated alkanes) is 56. The zero-order valence-electron chi connectivity index (χ0n) is 55.8. The van der Waals surface area contributed by atoms with Crippen LogP contribution in [0.1, 0.15) is 425 Å². The Morgan fingerprint density at radius 1 is 0.329 bits per heavy atom. The number of ether oxygens (including phenoxy) is 1. The number of rotatable bonds is 71. The lowest BCUT2D eigenvalue weighted by atomic mass is 10.0. The van der Waals surface area contributed by atoms with Crippen LogP contribution in [-0.2, 0) is 14.3 Å². The molecular formula is C76H147NO5. The van der Waals surface area contributed by atoms with Crippen LogP contribution < -0.4 is 5.32 Å². The summed E-state index contributed by atoms with van der Waals surface area (Å²) >= 11 is 0. The molecule has 486 valence electrons. The minimum atomic E-state index is -0.660. The van der Waals surface area contributed by atoms with Crippen LogP contribution in [0, 0.1) is 0 Å². The zero-order chi connectivity index (χ0) is 59.2. The van der Waals surface area contributed by atoms with Gasteiger partial charge < -0.3 is 20.3 Å². The van der Waals surface area contributed by atoms with Gasteiger partial charge in [-0.3, -0.25) is 9.59 Å². The molecule has 0 heterocycles. The summed E-state index contributed by atoms with van der Waals surface area (Å²) in [6, 6.07) is -0.537. The highest BCUT2D eigenvalue weighted by atomic mass is 16.5. The van der Waals surface area contributed by atoms with E-state index in [0.29, 0.717) is 25.9 Å². The Morgan fingerprint density at radius 2 is 0.573 bits per heavy atom. The molecule has 6 nitrogen and oxygen atoms in total. The first kappa shape index (κ1) is 80.3. The van der Waals surface area contributed by atoms with Crippen LogP contribution in [0.3, 0.4) is 0 Å². The third kappa shape index (κ3) is 67.5. The van der Waals surface area contributed by atoms with Gasteiger partial charge in [-0.1, -0.05) is 359 Å². The lowest BCUT2D eigenvalue weighted by molar-refractivity contribution is -0.143. The number of aliphatic hydroxyl groups is 2. The van der Waals surface area contributed by atoms with Crippen LogP contribution in [0.25, 0.3) is 0 Å². The maximum Gasteiger partial charge on any atom is 0.305 e. The number of carbonyl (C=O) groups is 2. The number of hydrogen-bond acceptors (Lipinski definition) is 5. The molecule has 0 aliphatic heterocycles. The van der Waals surface area contributed by atoms with E-state index in [2.05, 4.69) is 43.5 Å². The molecule has 2 unspecified atom stereocenters. The van der Waals surface area contributed by atoms with Crippen LogP contribution in [0.4, 0.5) is 0 Å². The summed E-state index contributed by atoms with van der Waals surface area (Å²) in [5, 5.41) is 23.3. The molecule has 0 aromatic heterocycles. The van der Waals surface area contributed by atoms with Gasteiger partial charge in [0.2, 0.25) is 5.91 Å². The lowest BCUT2D eigenvalue weighted by Crippen LogP contribution is -2.45. The van der Waals surface area contributed by atoms with E-state index in [1.165, 1.54) is 347 Å². The Bertz CT molecular complexity index is 1280. The molecule has 0 aliphatic carbocycles. The van der Waals surface area contributed by atoms with Crippen molar-refractivity contribution in [3.8, 4) is 0 Å². The Kier molecular flexibility index (Phi) is 70.4. The average Bonchev–Trinajstić information content (AvgIpc) is 3.48. The van der Waals surface area contributed by atoms with Crippen molar-refractivity contribution in [3.05, 3.63) is 24.3 Å². The zero-order valence-corrected chi connectivity index (χ0v) is 55.8. The van der Waals surface area contributed by atoms with Crippen molar-refractivity contribution in [1.29, 1.82) is 0 Å². The molecule has 2 atom stereocenters. The molecule has 0 saturated heterocycles. The van der Waals surface area contributed by atoms with Crippen molar-refractivity contribution in [3.63, 3.8) is 0 Å². The first-order valence-electron chi connectivity index (χ1n) is 37.6. The van der Waals surface area contributed by atoms with E-state index in [9.17, 15) is 19.8 Å². The van der Waals surface area contributed by atoms with Gasteiger partial charge in [0, 0.05) is 12.8 Å². The Hall–Kier alpha value is -1.66. The number of hydrogen-bond donors (Lipinski definition) is 3. The Balaban J connectivity index is 3.32. The molecule has 0 aliphatic rings. The Labute approximate surface area is 513 Å². The molecule has 0 saturated carbocycles. The number of esters is 1. The number of aliphatic hydroxyl groups excluding tert-OH is 2. The van der Waals surface area contributed by atoms with E-state index in [-0.39, 0.29) is 18.5 Å². The second kappa shape index (κ2) is 71.8. The summed E-state index contributed by atoms with van der Waals surface area (Å²) in [5.74, 6) is -0.0146. The highest BCUT2D eigenvalue weighted by Crippen LogP contribution is 2.19. The second-order valence-electron chi connectivity index (χ2n) is 26.0. The van der Waals surface area contributed by atoms with Crippen molar-refractivity contribution in [1.82, 2.24) is 5.32 Å². The summed E-state index contributed by atoms with van der Waals surface area (Å²) in [4.78, 5) is 24.6. The molecule has 0 fully saturated rings. The number of allylic oxidation sites excluding steroid dienone is 4. The van der Waals surface area contributed by atoms with E-state index in [4.69, 9.17) is 4.74 Å². The maximum atomic E-state index is 12.5. The van der Waals surface area contributed by atoms with Gasteiger partial charge in [-0.25, -0.2) is 0 Å². The van der Waals surface area contributed by atoms with Gasteiger partial charge in [-0.2, -0.15) is 0 Å². The SMILES string of the molecule is CCCCCCC/C=C\CCCCCCCC(=O)OCCCCCCCCCCCCCCCCCC/C=C\CCCCCCCCCCCCCCCCCCCC(=O)NC(CO)C(O)CCCCCCCCCCCCCCCC. The smallest absolute Gasteiger partial charge is 0.305 e. The number of carbonyl (C=O) groups excluding carboxylic acids is 2. The van der Waals surface area contributed by atoms with Crippen molar-refractivity contribution in [2.45, 2.75) is 437 Å². The van der Waals surface area contributed by atoms with E-state index < -0.39 is 12.1 Å². The van der Waals surface area contributed by atoms with Gasteiger partial charge >= 0.3 is 5.97 Å². The van der Waals surface area contributed by atoms with Crippen LogP contribution in [0.15, 0.2) is 24.3 Å². The highest BCUT2D eigenvalue weighted by Gasteiger charge is 2.20. The summed E-state index contributed by atoms with van der Waals surface area (Å²) in [5.41, 5.74) is 0. The summed E-state index contributed by atoms with van der Waals surface area (Å²) in [7, 11) is 0. The van der Waals surface area contributed by atoms with Crippen molar-refractivity contribution in [2.24, 2.45) is 0 Å². The van der Waals surface area contributed by atoms with Crippen LogP contribution in [0.5, 0.6) is 0 Å². The highest BCUT2D eigenvalue weighted by molar-refractivity contribution is 5.76. The fourth-order valence-electron chi connectivity index (χ4n) is 12.0. The molecule has 0 aromatic carbocycles. The summed E-state index contributed by atoms with van der Waals surface area (Å²) in [6.07, 6.45) is 91.2. The van der Waals surface area contributed by atoms with E-state index in [1.54, 1.807) is 0 Å². The molecule has 1 amide bonds. The fourth-order valence-corrected chi connectivity index (χ4v) is 12.0. The van der Waals surface area contributed by atoms with Crippen LogP contribution in [-0.4, -0.2) is 47.4 Å². The van der Waals surface area contributed by atoms with Crippen LogP contribution in [0.2, 0.25) is 0 Å². The molecule has 0 spiro atoms. The fraction of sp³-hybridized carbons (Fsp3) is 0.921. The molecular weight excluding hydrogens is 1010 g/mol. The minimum Gasteiger partial charge on any atom is -0.466 e. The van der Waals surface area contributed by atoms with Crippen LogP contribution >= 0.6 is 0 Å². The largest absolute Gasteiger partial charge is 0.466 e. The van der Waals surface area contributed by atoms with Gasteiger partial charge in [0.25, 0.3) is 0 Å². The molecule has 0 aromatic rings. The third-order valence-corrected chi connectivity index (χ3v) is 17.7. The van der Waals surface area contributed by atoms with Gasteiger partial charge in [0.05, 0.1) is 25.4 Å². The van der Waals surface area contributed by atoms with E-state index in [1.807, 2.05) is 0 Å². The first-order chi connectivity index (χ1) is 40.5. The van der Waals surface area contributed by atoms with Crippen molar-refractivity contribution >= 4 is 11.9 Å². The van der Waals surface area contributed by atoms with Crippen molar-refractivity contribution in [2.75, 3.05) is 13.2 Å². The molecule has 3 N–H and O–H groups in total. The molecule has 0 radical (unpaired) electrons.